The molecule has 4 heteroatoms. The second-order valence-corrected chi connectivity index (χ2v) is 1.88. The molecule has 0 radical (unpaired) electrons. The van der Waals surface area contributed by atoms with Gasteiger partial charge >= 0.3 is 11.9 Å². The standard InChI is InChI=1S/C4H2O3.C4H6.C3H3N/c5-3-1-2-4(6)7-3;1-3-4-2;1-2-3-4/h1-2H;3-4H,1-2H2;2H,1H2. The Balaban J connectivity index is 0. The summed E-state index contributed by atoms with van der Waals surface area (Å²) in [7, 11) is 0. The summed E-state index contributed by atoms with van der Waals surface area (Å²) < 4.78 is 3.97. The van der Waals surface area contributed by atoms with Gasteiger partial charge < -0.3 is 4.74 Å². The highest BCUT2D eigenvalue weighted by molar-refractivity contribution is 6.04. The third-order valence-corrected chi connectivity index (χ3v) is 0.815. The molecule has 0 atom stereocenters. The number of nitriles is 1. The number of hydrogen-bond donors (Lipinski definition) is 0. The van der Waals surface area contributed by atoms with Gasteiger partial charge in [0.1, 0.15) is 0 Å². The topological polar surface area (TPSA) is 67.2 Å². The van der Waals surface area contributed by atoms with Crippen molar-refractivity contribution < 1.29 is 14.3 Å². The summed E-state index contributed by atoms with van der Waals surface area (Å²) in [5, 5.41) is 7.51. The molecule has 0 saturated heterocycles. The van der Waals surface area contributed by atoms with Crippen LogP contribution in [0.5, 0.6) is 0 Å². The van der Waals surface area contributed by atoms with Crippen LogP contribution in [0.25, 0.3) is 0 Å². The minimum Gasteiger partial charge on any atom is -0.387 e. The van der Waals surface area contributed by atoms with E-state index in [-0.39, 0.29) is 0 Å². The molecule has 1 heterocycles. The molecule has 0 aromatic rings. The molecule has 15 heavy (non-hydrogen) atoms. The fraction of sp³-hybridized carbons (Fsp3) is 0. The van der Waals surface area contributed by atoms with Gasteiger partial charge in [0.2, 0.25) is 0 Å². The number of cyclic esters (lactones) is 2. The van der Waals surface area contributed by atoms with Gasteiger partial charge in [-0.05, 0) is 0 Å². The van der Waals surface area contributed by atoms with E-state index in [0.717, 1.165) is 12.2 Å². The molecule has 4 nitrogen and oxygen atoms in total. The number of carbonyl (C=O) groups excluding carboxylic acids is 2. The van der Waals surface area contributed by atoms with Gasteiger partial charge in [0, 0.05) is 18.2 Å². The number of ether oxygens (including phenoxy) is 1. The van der Waals surface area contributed by atoms with Crippen molar-refractivity contribution in [3.63, 3.8) is 0 Å². The van der Waals surface area contributed by atoms with Crippen LogP contribution in [0.2, 0.25) is 0 Å². The number of hydrogen-bond acceptors (Lipinski definition) is 4. The maximum Gasteiger partial charge on any atom is 0.338 e. The monoisotopic (exact) mass is 205 g/mol. The molecular weight excluding hydrogens is 194 g/mol. The maximum atomic E-state index is 9.92. The number of allylic oxidation sites excluding steroid dienone is 3. The van der Waals surface area contributed by atoms with Gasteiger partial charge in [0.15, 0.2) is 0 Å². The molecule has 0 aliphatic carbocycles. The zero-order chi connectivity index (χ0) is 12.1. The molecule has 0 bridgehead atoms. The fourth-order valence-corrected chi connectivity index (χ4v) is 0.303. The Morgan fingerprint density at radius 2 is 1.47 bits per heavy atom. The minimum atomic E-state index is -0.579. The lowest BCUT2D eigenvalue weighted by molar-refractivity contribution is -0.150. The van der Waals surface area contributed by atoms with Crippen molar-refractivity contribution in [2.24, 2.45) is 0 Å². The lowest BCUT2D eigenvalue weighted by Gasteiger charge is -1.80. The normalized spacial score (nSPS) is 10.6. The largest absolute Gasteiger partial charge is 0.387 e. The zero-order valence-corrected chi connectivity index (χ0v) is 8.18. The van der Waals surface area contributed by atoms with Crippen molar-refractivity contribution in [1.82, 2.24) is 0 Å². The first-order valence-electron chi connectivity index (χ1n) is 3.80. The molecule has 0 spiro atoms. The minimum absolute atomic E-state index is 0.579. The van der Waals surface area contributed by atoms with Crippen LogP contribution >= 0.6 is 0 Å². The first kappa shape index (κ1) is 15.1. The third-order valence-electron chi connectivity index (χ3n) is 0.815. The van der Waals surface area contributed by atoms with Gasteiger partial charge in [0.25, 0.3) is 0 Å². The molecule has 78 valence electrons. The van der Waals surface area contributed by atoms with Crippen LogP contribution in [0.4, 0.5) is 0 Å². The number of carbonyl (C=O) groups is 2. The van der Waals surface area contributed by atoms with Crippen LogP contribution in [-0.4, -0.2) is 11.9 Å². The lowest BCUT2D eigenvalue weighted by Crippen LogP contribution is -1.96. The van der Waals surface area contributed by atoms with Crippen molar-refractivity contribution in [3.05, 3.63) is 50.1 Å². The molecule has 1 rings (SSSR count). The first-order valence-corrected chi connectivity index (χ1v) is 3.80. The van der Waals surface area contributed by atoms with Gasteiger partial charge in [-0.25, -0.2) is 9.59 Å². The molecule has 0 saturated carbocycles. The number of esters is 2. The molecule has 0 fully saturated rings. The Morgan fingerprint density at radius 1 is 1.13 bits per heavy atom. The van der Waals surface area contributed by atoms with Crippen LogP contribution in [0.1, 0.15) is 0 Å². The summed E-state index contributed by atoms with van der Waals surface area (Å²) in [6.07, 6.45) is 6.63. The van der Waals surface area contributed by atoms with Crippen molar-refractivity contribution >= 4 is 11.9 Å². The summed E-state index contributed by atoms with van der Waals surface area (Å²) in [6, 6.07) is 1.69. The summed E-state index contributed by atoms with van der Waals surface area (Å²) in [4.78, 5) is 19.8. The predicted molar refractivity (Wildman–Crippen MR) is 56.4 cm³/mol. The van der Waals surface area contributed by atoms with E-state index in [2.05, 4.69) is 24.5 Å². The molecule has 0 N–H and O–H groups in total. The van der Waals surface area contributed by atoms with E-state index in [4.69, 9.17) is 5.26 Å². The highest BCUT2D eigenvalue weighted by Gasteiger charge is 2.10. The Kier molecular flexibility index (Phi) is 11.7. The highest BCUT2D eigenvalue weighted by Crippen LogP contribution is 1.92. The smallest absolute Gasteiger partial charge is 0.338 e. The van der Waals surface area contributed by atoms with Crippen molar-refractivity contribution in [1.29, 1.82) is 5.26 Å². The van der Waals surface area contributed by atoms with Gasteiger partial charge in [0.05, 0.1) is 6.07 Å². The predicted octanol–water partition coefficient (Wildman–Crippen LogP) is 1.68. The Labute approximate surface area is 88.5 Å². The first-order chi connectivity index (χ1) is 7.12. The summed E-state index contributed by atoms with van der Waals surface area (Å²) in [6.45, 7) is 9.84. The Hall–Kier alpha value is -2.41. The Bertz CT molecular complexity index is 299. The number of nitrogens with zero attached hydrogens (tertiary/aromatic N) is 1. The fourth-order valence-electron chi connectivity index (χ4n) is 0.303. The molecule has 0 amide bonds. The zero-order valence-electron chi connectivity index (χ0n) is 8.18. The van der Waals surface area contributed by atoms with Gasteiger partial charge in [-0.2, -0.15) is 5.26 Å². The van der Waals surface area contributed by atoms with E-state index in [0.29, 0.717) is 0 Å². The average Bonchev–Trinajstić information content (AvgIpc) is 2.63. The quantitative estimate of drug-likeness (QED) is 0.282. The van der Waals surface area contributed by atoms with E-state index < -0.39 is 11.9 Å². The van der Waals surface area contributed by atoms with Gasteiger partial charge in [-0.3, -0.25) is 0 Å². The third kappa shape index (κ3) is 14.4. The van der Waals surface area contributed by atoms with Crippen molar-refractivity contribution in [2.75, 3.05) is 0 Å². The summed E-state index contributed by atoms with van der Waals surface area (Å²) >= 11 is 0. The van der Waals surface area contributed by atoms with Crippen molar-refractivity contribution in [2.45, 2.75) is 0 Å². The van der Waals surface area contributed by atoms with Gasteiger partial charge in [-0.1, -0.05) is 31.9 Å². The molecule has 0 unspecified atom stereocenters. The second-order valence-electron chi connectivity index (χ2n) is 1.88. The summed E-state index contributed by atoms with van der Waals surface area (Å²) in [5.74, 6) is -1.16. The van der Waals surface area contributed by atoms with Crippen LogP contribution in [-0.2, 0) is 14.3 Å². The van der Waals surface area contributed by atoms with Crippen molar-refractivity contribution in [3.8, 4) is 6.07 Å². The van der Waals surface area contributed by atoms with E-state index in [1.165, 1.54) is 6.08 Å². The Morgan fingerprint density at radius 3 is 1.53 bits per heavy atom. The van der Waals surface area contributed by atoms with E-state index >= 15 is 0 Å². The van der Waals surface area contributed by atoms with E-state index in [1.54, 1.807) is 18.2 Å². The van der Waals surface area contributed by atoms with Crippen LogP contribution in [0, 0.1) is 11.3 Å². The highest BCUT2D eigenvalue weighted by atomic mass is 16.6. The molecule has 1 aliphatic rings. The molecular formula is C11H11NO3. The van der Waals surface area contributed by atoms with E-state index in [1.807, 2.05) is 0 Å². The maximum absolute atomic E-state index is 9.92. The van der Waals surface area contributed by atoms with Gasteiger partial charge in [-0.15, -0.1) is 0 Å². The molecule has 0 aromatic heterocycles. The van der Waals surface area contributed by atoms with Crippen LogP contribution in [0.15, 0.2) is 50.1 Å². The van der Waals surface area contributed by atoms with Crippen LogP contribution in [0.3, 0.4) is 0 Å². The lowest BCUT2D eigenvalue weighted by atomic mass is 10.6. The molecule has 0 aromatic carbocycles. The average molecular weight is 205 g/mol. The SMILES string of the molecule is C=CC#N.C=CC=C.O=C1C=CC(=O)O1. The molecule has 1 aliphatic heterocycles. The second kappa shape index (κ2) is 11.6. The van der Waals surface area contributed by atoms with E-state index in [9.17, 15) is 9.59 Å². The number of rotatable bonds is 1. The summed E-state index contributed by atoms with van der Waals surface area (Å²) in [5.41, 5.74) is 0. The van der Waals surface area contributed by atoms with Crippen LogP contribution < -0.4 is 0 Å².